The molecule has 36 heavy (non-hydrogen) atoms. The van der Waals surface area contributed by atoms with Crippen molar-refractivity contribution in [1.82, 2.24) is 19.8 Å². The number of rotatable bonds is 6. The molecule has 1 aliphatic heterocycles. The van der Waals surface area contributed by atoms with Gasteiger partial charge in [-0.1, -0.05) is 36.4 Å². The first-order valence-electron chi connectivity index (χ1n) is 12.0. The van der Waals surface area contributed by atoms with Gasteiger partial charge in [0.2, 0.25) is 0 Å². The van der Waals surface area contributed by atoms with Crippen molar-refractivity contribution in [3.63, 3.8) is 0 Å². The largest absolute Gasteiger partial charge is 0.366 e. The number of para-hydroxylation sites is 2. The van der Waals surface area contributed by atoms with Crippen molar-refractivity contribution in [2.24, 2.45) is 0 Å². The molecular formula is C28H28FN5O2. The van der Waals surface area contributed by atoms with Crippen LogP contribution < -0.4 is 10.2 Å². The van der Waals surface area contributed by atoms with Crippen LogP contribution in [-0.2, 0) is 13.1 Å². The zero-order valence-electron chi connectivity index (χ0n) is 20.2. The number of nitrogens with one attached hydrogen (secondary N) is 1. The minimum Gasteiger partial charge on any atom is -0.366 e. The number of imidazole rings is 1. The van der Waals surface area contributed by atoms with Crippen LogP contribution in [-0.4, -0.2) is 52.4 Å². The fourth-order valence-corrected chi connectivity index (χ4v) is 4.52. The number of nitrogens with zero attached hydrogens (tertiary/aromatic N) is 4. The van der Waals surface area contributed by atoms with Crippen molar-refractivity contribution in [2.45, 2.75) is 20.0 Å². The Balaban J connectivity index is 1.11. The quantitative estimate of drug-likeness (QED) is 0.410. The van der Waals surface area contributed by atoms with E-state index in [0.29, 0.717) is 44.0 Å². The number of carbonyl (C=O) groups excluding carboxylic acids is 2. The number of ketones is 1. The number of halogens is 1. The number of aromatic nitrogens is 2. The molecule has 2 heterocycles. The van der Waals surface area contributed by atoms with Gasteiger partial charge in [-0.2, -0.15) is 0 Å². The second-order valence-electron chi connectivity index (χ2n) is 9.03. The van der Waals surface area contributed by atoms with Gasteiger partial charge in [-0.05, 0) is 48.4 Å². The highest BCUT2D eigenvalue weighted by Crippen LogP contribution is 2.22. The summed E-state index contributed by atoms with van der Waals surface area (Å²) in [5.74, 6) is -0.575. The van der Waals surface area contributed by atoms with E-state index in [9.17, 15) is 14.0 Å². The fraction of sp³-hybridized carbons (Fsp3) is 0.250. The molecule has 8 heteroatoms. The molecule has 1 aliphatic rings. The first-order chi connectivity index (χ1) is 17.5. The van der Waals surface area contributed by atoms with Crippen LogP contribution in [0.3, 0.4) is 0 Å². The van der Waals surface area contributed by atoms with Gasteiger partial charge < -0.3 is 19.7 Å². The second-order valence-corrected chi connectivity index (χ2v) is 9.03. The van der Waals surface area contributed by atoms with E-state index < -0.39 is 5.82 Å². The van der Waals surface area contributed by atoms with Gasteiger partial charge in [0, 0.05) is 44.8 Å². The summed E-state index contributed by atoms with van der Waals surface area (Å²) in [5.41, 5.74) is 5.08. The molecule has 0 bridgehead atoms. The molecule has 2 amide bonds. The third-order valence-corrected chi connectivity index (χ3v) is 6.61. The molecule has 1 N–H and O–H groups in total. The topological polar surface area (TPSA) is 70.5 Å². The molecule has 3 aromatic carbocycles. The van der Waals surface area contributed by atoms with E-state index in [-0.39, 0.29) is 11.8 Å². The average Bonchev–Trinajstić information content (AvgIpc) is 3.31. The lowest BCUT2D eigenvalue weighted by Gasteiger charge is -2.36. The molecule has 0 saturated carbocycles. The third-order valence-electron chi connectivity index (χ3n) is 6.61. The van der Waals surface area contributed by atoms with E-state index in [1.165, 1.54) is 13.0 Å². The number of benzene rings is 3. The molecule has 5 rings (SSSR count). The Morgan fingerprint density at radius 3 is 2.39 bits per heavy atom. The SMILES string of the molecule is CC(=O)c1ccc(N2CCN(C(=O)NCc3ccc(Cn4cnc5ccccc54)cc3)CC2)c(F)c1. The number of amides is 2. The van der Waals surface area contributed by atoms with Crippen molar-refractivity contribution in [3.8, 4) is 0 Å². The van der Waals surface area contributed by atoms with Crippen LogP contribution in [0.15, 0.2) is 73.1 Å². The van der Waals surface area contributed by atoms with Crippen molar-refractivity contribution >= 4 is 28.5 Å². The Bertz CT molecular complexity index is 1390. The lowest BCUT2D eigenvalue weighted by Crippen LogP contribution is -2.51. The number of hydrogen-bond donors (Lipinski definition) is 1. The highest BCUT2D eigenvalue weighted by molar-refractivity contribution is 5.94. The summed E-state index contributed by atoms with van der Waals surface area (Å²) in [4.78, 5) is 32.2. The molecule has 1 aromatic heterocycles. The summed E-state index contributed by atoms with van der Waals surface area (Å²) in [6, 6.07) is 20.7. The average molecular weight is 486 g/mol. The smallest absolute Gasteiger partial charge is 0.317 e. The van der Waals surface area contributed by atoms with E-state index in [4.69, 9.17) is 0 Å². The van der Waals surface area contributed by atoms with E-state index in [1.54, 1.807) is 17.0 Å². The molecule has 0 atom stereocenters. The van der Waals surface area contributed by atoms with Gasteiger partial charge in [0.25, 0.3) is 0 Å². The number of urea groups is 1. The molecular weight excluding hydrogens is 457 g/mol. The second kappa shape index (κ2) is 10.2. The first kappa shape index (κ1) is 23.5. The fourth-order valence-electron chi connectivity index (χ4n) is 4.52. The number of fused-ring (bicyclic) bond motifs is 1. The minimum absolute atomic E-state index is 0.129. The number of hydrogen-bond acceptors (Lipinski definition) is 4. The van der Waals surface area contributed by atoms with Crippen molar-refractivity contribution < 1.29 is 14.0 Å². The number of carbonyl (C=O) groups is 2. The van der Waals surface area contributed by atoms with Crippen LogP contribution >= 0.6 is 0 Å². The summed E-state index contributed by atoms with van der Waals surface area (Å²) >= 11 is 0. The normalized spacial score (nSPS) is 13.7. The summed E-state index contributed by atoms with van der Waals surface area (Å²) < 4.78 is 16.6. The molecule has 0 unspecified atom stereocenters. The Morgan fingerprint density at radius 2 is 1.67 bits per heavy atom. The van der Waals surface area contributed by atoms with E-state index in [0.717, 1.165) is 28.7 Å². The van der Waals surface area contributed by atoms with Crippen LogP contribution in [0.5, 0.6) is 0 Å². The predicted octanol–water partition coefficient (Wildman–Crippen LogP) is 4.46. The number of anilines is 1. The van der Waals surface area contributed by atoms with Crippen LogP contribution in [0.4, 0.5) is 14.9 Å². The van der Waals surface area contributed by atoms with E-state index in [1.807, 2.05) is 41.6 Å². The summed E-state index contributed by atoms with van der Waals surface area (Å²) in [7, 11) is 0. The maximum Gasteiger partial charge on any atom is 0.317 e. The minimum atomic E-state index is -0.412. The molecule has 1 saturated heterocycles. The zero-order valence-corrected chi connectivity index (χ0v) is 20.2. The number of Topliss-reactive ketones (excluding diaryl/α,β-unsaturated/α-hetero) is 1. The third kappa shape index (κ3) is 5.07. The van der Waals surface area contributed by atoms with Gasteiger partial charge in [0.05, 0.1) is 23.0 Å². The Hall–Kier alpha value is -4.20. The molecule has 0 aliphatic carbocycles. The molecule has 0 spiro atoms. The molecule has 4 aromatic rings. The van der Waals surface area contributed by atoms with Gasteiger partial charge >= 0.3 is 6.03 Å². The summed E-state index contributed by atoms with van der Waals surface area (Å²) in [6.07, 6.45) is 1.86. The van der Waals surface area contributed by atoms with Crippen LogP contribution in [0.1, 0.15) is 28.4 Å². The summed E-state index contributed by atoms with van der Waals surface area (Å²) in [6.45, 7) is 4.64. The molecule has 7 nitrogen and oxygen atoms in total. The van der Waals surface area contributed by atoms with Crippen LogP contribution in [0.2, 0.25) is 0 Å². The van der Waals surface area contributed by atoms with Crippen molar-refractivity contribution in [3.05, 3.63) is 95.6 Å². The highest BCUT2D eigenvalue weighted by Gasteiger charge is 2.23. The van der Waals surface area contributed by atoms with Crippen LogP contribution in [0.25, 0.3) is 11.0 Å². The highest BCUT2D eigenvalue weighted by atomic mass is 19.1. The van der Waals surface area contributed by atoms with Gasteiger partial charge in [-0.25, -0.2) is 14.2 Å². The van der Waals surface area contributed by atoms with Crippen molar-refractivity contribution in [2.75, 3.05) is 31.1 Å². The molecule has 184 valence electrons. The molecule has 1 fully saturated rings. The van der Waals surface area contributed by atoms with Gasteiger partial charge in [0.1, 0.15) is 5.82 Å². The predicted molar refractivity (Wildman–Crippen MR) is 138 cm³/mol. The zero-order chi connectivity index (χ0) is 25.1. The Labute approximate surface area is 209 Å². The Morgan fingerprint density at radius 1 is 0.944 bits per heavy atom. The lowest BCUT2D eigenvalue weighted by atomic mass is 10.1. The van der Waals surface area contributed by atoms with Crippen molar-refractivity contribution in [1.29, 1.82) is 0 Å². The number of piperazine rings is 1. The maximum atomic E-state index is 14.5. The molecule has 0 radical (unpaired) electrons. The standard InChI is InChI=1S/C28H28FN5O2/c1-20(35)23-10-11-26(24(29)16-23)32-12-14-33(15-13-32)28(36)30-17-21-6-8-22(9-7-21)18-34-19-31-25-4-2-3-5-27(25)34/h2-11,16,19H,12-15,17-18H2,1H3,(H,30,36). The first-order valence-corrected chi connectivity index (χ1v) is 12.0. The van der Waals surface area contributed by atoms with E-state index in [2.05, 4.69) is 33.1 Å². The van der Waals surface area contributed by atoms with Gasteiger partial charge in [-0.15, -0.1) is 0 Å². The van der Waals surface area contributed by atoms with Gasteiger partial charge in [-0.3, -0.25) is 4.79 Å². The lowest BCUT2D eigenvalue weighted by molar-refractivity contribution is 0.101. The Kier molecular flexibility index (Phi) is 6.66. The maximum absolute atomic E-state index is 14.5. The van der Waals surface area contributed by atoms with Gasteiger partial charge in [0.15, 0.2) is 5.78 Å². The summed E-state index contributed by atoms with van der Waals surface area (Å²) in [5, 5.41) is 2.99. The van der Waals surface area contributed by atoms with E-state index >= 15 is 0 Å². The van der Waals surface area contributed by atoms with Crippen LogP contribution in [0, 0.1) is 5.82 Å². The monoisotopic (exact) mass is 485 g/mol.